The standard InChI is InChI=1S/C16H11F3N2O/c17-16(18,19)12-5-7-13(8-6-12)21-14-4-2-1-3-11(14)9-20-10-15(21)22/h1-9H,10H2. The van der Waals surface area contributed by atoms with Gasteiger partial charge in [-0.15, -0.1) is 0 Å². The molecule has 0 saturated carbocycles. The number of halogens is 3. The minimum Gasteiger partial charge on any atom is -0.283 e. The topological polar surface area (TPSA) is 32.7 Å². The molecule has 0 spiro atoms. The largest absolute Gasteiger partial charge is 0.416 e. The summed E-state index contributed by atoms with van der Waals surface area (Å²) < 4.78 is 37.9. The number of anilines is 2. The third-order valence-corrected chi connectivity index (χ3v) is 3.34. The number of alkyl halides is 3. The van der Waals surface area contributed by atoms with Gasteiger partial charge in [0.25, 0.3) is 5.91 Å². The number of hydrogen-bond acceptors (Lipinski definition) is 2. The van der Waals surface area contributed by atoms with Gasteiger partial charge in [-0.25, -0.2) is 0 Å². The van der Waals surface area contributed by atoms with E-state index >= 15 is 0 Å². The Hall–Kier alpha value is -2.63. The van der Waals surface area contributed by atoms with Crippen LogP contribution in [0.15, 0.2) is 53.5 Å². The fourth-order valence-corrected chi connectivity index (χ4v) is 2.31. The van der Waals surface area contributed by atoms with E-state index < -0.39 is 11.7 Å². The maximum Gasteiger partial charge on any atom is 0.416 e. The quantitative estimate of drug-likeness (QED) is 0.788. The number of hydrogen-bond donors (Lipinski definition) is 0. The van der Waals surface area contributed by atoms with Crippen LogP contribution in [-0.2, 0) is 11.0 Å². The summed E-state index contributed by atoms with van der Waals surface area (Å²) in [6, 6.07) is 11.6. The van der Waals surface area contributed by atoms with Crippen molar-refractivity contribution in [3.63, 3.8) is 0 Å². The maximum atomic E-state index is 12.6. The second-order valence-corrected chi connectivity index (χ2v) is 4.80. The van der Waals surface area contributed by atoms with Crippen molar-refractivity contribution in [1.29, 1.82) is 0 Å². The Morgan fingerprint density at radius 3 is 2.36 bits per heavy atom. The summed E-state index contributed by atoms with van der Waals surface area (Å²) in [5.41, 5.74) is 0.987. The number of para-hydroxylation sites is 1. The summed E-state index contributed by atoms with van der Waals surface area (Å²) >= 11 is 0. The van der Waals surface area contributed by atoms with Gasteiger partial charge in [-0.05, 0) is 30.3 Å². The molecule has 3 rings (SSSR count). The summed E-state index contributed by atoms with van der Waals surface area (Å²) in [7, 11) is 0. The van der Waals surface area contributed by atoms with Gasteiger partial charge in [-0.2, -0.15) is 13.2 Å². The van der Waals surface area contributed by atoms with E-state index in [1.165, 1.54) is 17.0 Å². The lowest BCUT2D eigenvalue weighted by Gasteiger charge is -2.23. The fraction of sp³-hybridized carbons (Fsp3) is 0.125. The Kier molecular flexibility index (Phi) is 3.44. The number of nitrogens with zero attached hydrogens (tertiary/aromatic N) is 2. The summed E-state index contributed by atoms with van der Waals surface area (Å²) in [6.45, 7) is -0.0459. The molecule has 22 heavy (non-hydrogen) atoms. The van der Waals surface area contributed by atoms with E-state index in [1.54, 1.807) is 24.4 Å². The molecule has 0 N–H and O–H groups in total. The van der Waals surface area contributed by atoms with Crippen LogP contribution in [0.25, 0.3) is 0 Å². The first-order valence-corrected chi connectivity index (χ1v) is 6.56. The number of carbonyl (C=O) groups is 1. The van der Waals surface area contributed by atoms with Crippen LogP contribution in [0.1, 0.15) is 11.1 Å². The van der Waals surface area contributed by atoms with Gasteiger partial charge in [0.05, 0.1) is 11.3 Å². The van der Waals surface area contributed by atoms with Crippen LogP contribution in [-0.4, -0.2) is 18.7 Å². The van der Waals surface area contributed by atoms with Crippen molar-refractivity contribution in [2.75, 3.05) is 11.4 Å². The van der Waals surface area contributed by atoms with E-state index in [1.807, 2.05) is 6.07 Å². The monoisotopic (exact) mass is 304 g/mol. The smallest absolute Gasteiger partial charge is 0.283 e. The first-order valence-electron chi connectivity index (χ1n) is 6.56. The molecule has 0 aliphatic carbocycles. The number of amides is 1. The van der Waals surface area contributed by atoms with Crippen molar-refractivity contribution in [3.8, 4) is 0 Å². The van der Waals surface area contributed by atoms with Gasteiger partial charge >= 0.3 is 6.18 Å². The third-order valence-electron chi connectivity index (χ3n) is 3.34. The zero-order valence-corrected chi connectivity index (χ0v) is 11.3. The van der Waals surface area contributed by atoms with Gasteiger partial charge in [0, 0.05) is 17.5 Å². The molecule has 0 saturated heterocycles. The molecule has 0 aromatic heterocycles. The van der Waals surface area contributed by atoms with Crippen LogP contribution >= 0.6 is 0 Å². The van der Waals surface area contributed by atoms with Crippen LogP contribution in [0.3, 0.4) is 0 Å². The van der Waals surface area contributed by atoms with Gasteiger partial charge in [0.2, 0.25) is 0 Å². The zero-order valence-electron chi connectivity index (χ0n) is 11.3. The van der Waals surface area contributed by atoms with Crippen LogP contribution in [0.4, 0.5) is 24.5 Å². The molecule has 2 aromatic carbocycles. The predicted octanol–water partition coefficient (Wildman–Crippen LogP) is 3.80. The lowest BCUT2D eigenvalue weighted by Crippen LogP contribution is -2.27. The first kappa shape index (κ1) is 14.3. The number of benzene rings is 2. The Balaban J connectivity index is 2.05. The fourth-order valence-electron chi connectivity index (χ4n) is 2.31. The molecular weight excluding hydrogens is 293 g/mol. The molecule has 6 heteroatoms. The van der Waals surface area contributed by atoms with E-state index in [0.717, 1.165) is 17.7 Å². The summed E-state index contributed by atoms with van der Waals surface area (Å²) in [5, 5.41) is 0. The Morgan fingerprint density at radius 1 is 1.00 bits per heavy atom. The molecule has 1 heterocycles. The van der Waals surface area contributed by atoms with Gasteiger partial charge in [-0.1, -0.05) is 18.2 Å². The van der Waals surface area contributed by atoms with E-state index in [2.05, 4.69) is 4.99 Å². The van der Waals surface area contributed by atoms with Crippen molar-refractivity contribution in [1.82, 2.24) is 0 Å². The summed E-state index contributed by atoms with van der Waals surface area (Å²) in [4.78, 5) is 17.7. The van der Waals surface area contributed by atoms with Crippen LogP contribution < -0.4 is 4.90 Å². The Labute approximate surface area is 124 Å². The Bertz CT molecular complexity index is 736. The lowest BCUT2D eigenvalue weighted by molar-refractivity contribution is -0.137. The molecule has 3 nitrogen and oxygen atoms in total. The number of aliphatic imine (C=N–C) groups is 1. The molecule has 1 aliphatic rings. The summed E-state index contributed by atoms with van der Waals surface area (Å²) in [5.74, 6) is -0.291. The van der Waals surface area contributed by atoms with E-state index in [4.69, 9.17) is 0 Å². The highest BCUT2D eigenvalue weighted by Crippen LogP contribution is 2.33. The van der Waals surface area contributed by atoms with Crippen molar-refractivity contribution < 1.29 is 18.0 Å². The summed E-state index contributed by atoms with van der Waals surface area (Å²) in [6.07, 6.45) is -2.81. The van der Waals surface area contributed by atoms with E-state index in [9.17, 15) is 18.0 Å². The van der Waals surface area contributed by atoms with Crippen molar-refractivity contribution >= 4 is 23.5 Å². The highest BCUT2D eigenvalue weighted by Gasteiger charge is 2.30. The number of benzodiazepines with no additional fused rings is 1. The second kappa shape index (κ2) is 5.29. The van der Waals surface area contributed by atoms with Gasteiger partial charge in [0.15, 0.2) is 0 Å². The molecule has 1 aliphatic heterocycles. The van der Waals surface area contributed by atoms with Crippen molar-refractivity contribution in [2.45, 2.75) is 6.18 Å². The molecule has 1 amide bonds. The Morgan fingerprint density at radius 2 is 1.68 bits per heavy atom. The normalized spacial score (nSPS) is 14.7. The van der Waals surface area contributed by atoms with Gasteiger partial charge in [0.1, 0.15) is 6.54 Å². The molecular formula is C16H11F3N2O. The minimum atomic E-state index is -4.40. The predicted molar refractivity (Wildman–Crippen MR) is 77.5 cm³/mol. The lowest BCUT2D eigenvalue weighted by atomic mass is 10.1. The first-order chi connectivity index (χ1) is 10.5. The SMILES string of the molecule is O=C1CN=Cc2ccccc2N1c1ccc(C(F)(F)F)cc1. The molecule has 0 atom stereocenters. The van der Waals surface area contributed by atoms with Crippen molar-refractivity contribution in [2.24, 2.45) is 4.99 Å². The second-order valence-electron chi connectivity index (χ2n) is 4.80. The number of fused-ring (bicyclic) bond motifs is 1. The molecule has 0 fully saturated rings. The third kappa shape index (κ3) is 2.59. The molecule has 0 unspecified atom stereocenters. The van der Waals surface area contributed by atoms with Gasteiger partial charge in [-0.3, -0.25) is 14.7 Å². The maximum absolute atomic E-state index is 12.6. The average molecular weight is 304 g/mol. The average Bonchev–Trinajstić information content (AvgIpc) is 2.65. The van der Waals surface area contributed by atoms with Crippen molar-refractivity contribution in [3.05, 3.63) is 59.7 Å². The number of rotatable bonds is 1. The van der Waals surface area contributed by atoms with Crippen LogP contribution in [0.5, 0.6) is 0 Å². The molecule has 0 radical (unpaired) electrons. The number of carbonyl (C=O) groups excluding carboxylic acids is 1. The van der Waals surface area contributed by atoms with Gasteiger partial charge < -0.3 is 0 Å². The molecule has 2 aromatic rings. The highest BCUT2D eigenvalue weighted by molar-refractivity contribution is 6.08. The van der Waals surface area contributed by atoms with Crippen LogP contribution in [0, 0.1) is 0 Å². The highest BCUT2D eigenvalue weighted by atomic mass is 19.4. The molecule has 112 valence electrons. The van der Waals surface area contributed by atoms with E-state index in [-0.39, 0.29) is 12.5 Å². The zero-order chi connectivity index (χ0) is 15.7. The molecule has 0 bridgehead atoms. The van der Waals surface area contributed by atoms with Crippen LogP contribution in [0.2, 0.25) is 0 Å². The van der Waals surface area contributed by atoms with E-state index in [0.29, 0.717) is 11.4 Å². The minimum absolute atomic E-state index is 0.0459.